The number of carboxylic acids is 1. The second kappa shape index (κ2) is 9.94. The number of carbonyl (C=O) groups is 3. The predicted octanol–water partition coefficient (Wildman–Crippen LogP) is 2.69. The average Bonchev–Trinajstić information content (AvgIpc) is 2.51. The summed E-state index contributed by atoms with van der Waals surface area (Å²) >= 11 is 0. The minimum absolute atomic E-state index is 0.244. The quantitative estimate of drug-likeness (QED) is 0.725. The second-order valence-corrected chi connectivity index (χ2v) is 7.75. The number of nitrogens with one attached hydrogen (secondary N) is 1. The molecule has 7 nitrogen and oxygen atoms in total. The van der Waals surface area contributed by atoms with Gasteiger partial charge in [0.1, 0.15) is 5.60 Å². The third-order valence-corrected chi connectivity index (χ3v) is 3.78. The van der Waals surface area contributed by atoms with Crippen LogP contribution in [0.2, 0.25) is 0 Å². The van der Waals surface area contributed by atoms with Crippen LogP contribution in [0.3, 0.4) is 0 Å². The van der Waals surface area contributed by atoms with E-state index in [1.54, 1.807) is 34.7 Å². The van der Waals surface area contributed by atoms with Crippen LogP contribution in [0, 0.1) is 5.92 Å². The Bertz CT molecular complexity index is 640. The maximum absolute atomic E-state index is 12.8. The van der Waals surface area contributed by atoms with Gasteiger partial charge in [-0.15, -0.1) is 0 Å². The van der Waals surface area contributed by atoms with Crippen LogP contribution >= 0.6 is 0 Å². The van der Waals surface area contributed by atoms with Crippen molar-refractivity contribution in [3.63, 3.8) is 0 Å². The molecule has 0 bridgehead atoms. The number of amides is 2. The highest BCUT2D eigenvalue weighted by atomic mass is 16.6. The Morgan fingerprint density at radius 1 is 1.19 bits per heavy atom. The molecule has 0 fully saturated rings. The average molecular weight is 378 g/mol. The lowest BCUT2D eigenvalue weighted by Gasteiger charge is -2.27. The van der Waals surface area contributed by atoms with Crippen molar-refractivity contribution >= 4 is 18.0 Å². The zero-order valence-electron chi connectivity index (χ0n) is 16.7. The van der Waals surface area contributed by atoms with Gasteiger partial charge in [0, 0.05) is 19.6 Å². The number of ether oxygens (including phenoxy) is 1. The number of aliphatic carboxylic acids is 1. The summed E-state index contributed by atoms with van der Waals surface area (Å²) in [5.74, 6) is -1.94. The van der Waals surface area contributed by atoms with Crippen LogP contribution in [0.25, 0.3) is 0 Å². The van der Waals surface area contributed by atoms with Crippen LogP contribution in [-0.4, -0.2) is 53.2 Å². The summed E-state index contributed by atoms with van der Waals surface area (Å²) in [5, 5.41) is 11.8. The summed E-state index contributed by atoms with van der Waals surface area (Å²) in [5.41, 5.74) is 0.304. The molecule has 0 saturated heterocycles. The normalized spacial score (nSPS) is 13.4. The second-order valence-electron chi connectivity index (χ2n) is 7.75. The van der Waals surface area contributed by atoms with E-state index in [4.69, 9.17) is 9.84 Å². The predicted molar refractivity (Wildman–Crippen MR) is 102 cm³/mol. The molecule has 0 aliphatic heterocycles. The Labute approximate surface area is 160 Å². The summed E-state index contributed by atoms with van der Waals surface area (Å²) in [6.07, 6.45) is -0.446. The number of carboxylic acid groups (broad SMARTS) is 1. The summed E-state index contributed by atoms with van der Waals surface area (Å²) in [6, 6.07) is 8.98. The first kappa shape index (κ1) is 22.5. The van der Waals surface area contributed by atoms with E-state index in [1.165, 1.54) is 4.90 Å². The molecule has 0 saturated carbocycles. The van der Waals surface area contributed by atoms with Gasteiger partial charge in [-0.25, -0.2) is 4.79 Å². The molecule has 0 heterocycles. The zero-order valence-corrected chi connectivity index (χ0v) is 16.7. The summed E-state index contributed by atoms with van der Waals surface area (Å²) in [6.45, 7) is 7.33. The SMILES string of the molecule is CC(CN(C)C(=O)C(CC(=O)O)Cc1ccccc1)NC(=O)OC(C)(C)C. The highest BCUT2D eigenvalue weighted by Crippen LogP contribution is 2.16. The molecule has 1 aromatic rings. The number of hydrogen-bond acceptors (Lipinski definition) is 4. The van der Waals surface area contributed by atoms with E-state index in [0.717, 1.165) is 5.56 Å². The number of benzene rings is 1. The standard InChI is InChI=1S/C20H30N2O5/c1-14(21-19(26)27-20(2,3)4)13-22(5)18(25)16(12-17(23)24)11-15-9-7-6-8-10-15/h6-10,14,16H,11-13H2,1-5H3,(H,21,26)(H,23,24). The molecule has 2 N–H and O–H groups in total. The van der Waals surface area contributed by atoms with Crippen LogP contribution in [-0.2, 0) is 20.7 Å². The molecule has 0 aromatic heterocycles. The van der Waals surface area contributed by atoms with Crippen LogP contribution in [0.4, 0.5) is 4.79 Å². The molecular weight excluding hydrogens is 348 g/mol. The summed E-state index contributed by atoms with van der Waals surface area (Å²) < 4.78 is 5.20. The Morgan fingerprint density at radius 2 is 1.78 bits per heavy atom. The van der Waals surface area contributed by atoms with E-state index in [9.17, 15) is 14.4 Å². The molecule has 0 aliphatic rings. The van der Waals surface area contributed by atoms with E-state index in [1.807, 2.05) is 30.3 Å². The Morgan fingerprint density at radius 3 is 2.30 bits per heavy atom. The van der Waals surface area contributed by atoms with Gasteiger partial charge < -0.3 is 20.1 Å². The molecule has 1 aromatic carbocycles. The smallest absolute Gasteiger partial charge is 0.407 e. The van der Waals surface area contributed by atoms with E-state index >= 15 is 0 Å². The van der Waals surface area contributed by atoms with E-state index in [0.29, 0.717) is 6.42 Å². The van der Waals surface area contributed by atoms with Crippen molar-refractivity contribution in [2.24, 2.45) is 5.92 Å². The van der Waals surface area contributed by atoms with Crippen molar-refractivity contribution in [2.45, 2.75) is 52.2 Å². The van der Waals surface area contributed by atoms with E-state index < -0.39 is 23.6 Å². The van der Waals surface area contributed by atoms with Crippen molar-refractivity contribution < 1.29 is 24.2 Å². The summed E-state index contributed by atoms with van der Waals surface area (Å²) in [7, 11) is 1.61. The number of nitrogens with zero attached hydrogens (tertiary/aromatic N) is 1. The van der Waals surface area contributed by atoms with Gasteiger partial charge in [0.15, 0.2) is 0 Å². The molecule has 2 amide bonds. The molecule has 27 heavy (non-hydrogen) atoms. The van der Waals surface area contributed by atoms with Gasteiger partial charge in [-0.3, -0.25) is 9.59 Å². The molecule has 0 spiro atoms. The van der Waals surface area contributed by atoms with Crippen LogP contribution in [0.5, 0.6) is 0 Å². The molecule has 0 radical (unpaired) electrons. The van der Waals surface area contributed by atoms with Crippen molar-refractivity contribution in [1.29, 1.82) is 0 Å². The van der Waals surface area contributed by atoms with Crippen LogP contribution < -0.4 is 5.32 Å². The van der Waals surface area contributed by atoms with Crippen molar-refractivity contribution in [3.05, 3.63) is 35.9 Å². The van der Waals surface area contributed by atoms with Gasteiger partial charge in [0.05, 0.1) is 12.3 Å². The lowest BCUT2D eigenvalue weighted by atomic mass is 9.94. The number of carbonyl (C=O) groups excluding carboxylic acids is 2. The highest BCUT2D eigenvalue weighted by molar-refractivity contribution is 5.83. The van der Waals surface area contributed by atoms with Crippen molar-refractivity contribution in [1.82, 2.24) is 10.2 Å². The van der Waals surface area contributed by atoms with Crippen molar-refractivity contribution in [3.8, 4) is 0 Å². The van der Waals surface area contributed by atoms with Gasteiger partial charge in [-0.1, -0.05) is 30.3 Å². The first-order valence-electron chi connectivity index (χ1n) is 8.98. The largest absolute Gasteiger partial charge is 0.481 e. The lowest BCUT2D eigenvalue weighted by Crippen LogP contribution is -2.46. The topological polar surface area (TPSA) is 95.9 Å². The van der Waals surface area contributed by atoms with Crippen molar-refractivity contribution in [2.75, 3.05) is 13.6 Å². The molecule has 2 unspecified atom stereocenters. The van der Waals surface area contributed by atoms with Crippen LogP contribution in [0.1, 0.15) is 39.7 Å². The molecule has 150 valence electrons. The molecular formula is C20H30N2O5. The fraction of sp³-hybridized carbons (Fsp3) is 0.550. The van der Waals surface area contributed by atoms with Gasteiger partial charge in [-0.2, -0.15) is 0 Å². The third-order valence-electron chi connectivity index (χ3n) is 3.78. The molecule has 7 heteroatoms. The van der Waals surface area contributed by atoms with Gasteiger partial charge in [0.25, 0.3) is 0 Å². The van der Waals surface area contributed by atoms with Crippen LogP contribution in [0.15, 0.2) is 30.3 Å². The van der Waals surface area contributed by atoms with Gasteiger partial charge >= 0.3 is 12.1 Å². The third kappa shape index (κ3) is 9.08. The zero-order chi connectivity index (χ0) is 20.6. The molecule has 1 rings (SSSR count). The minimum Gasteiger partial charge on any atom is -0.481 e. The van der Waals surface area contributed by atoms with Gasteiger partial charge in [0.2, 0.25) is 5.91 Å². The minimum atomic E-state index is -1.02. The Hall–Kier alpha value is -2.57. The number of rotatable bonds is 8. The lowest BCUT2D eigenvalue weighted by molar-refractivity contribution is -0.144. The first-order valence-corrected chi connectivity index (χ1v) is 8.98. The highest BCUT2D eigenvalue weighted by Gasteiger charge is 2.26. The number of alkyl carbamates (subject to hydrolysis) is 1. The van der Waals surface area contributed by atoms with Gasteiger partial charge in [-0.05, 0) is 39.7 Å². The first-order chi connectivity index (χ1) is 12.5. The van der Waals surface area contributed by atoms with E-state index in [-0.39, 0.29) is 24.9 Å². The fourth-order valence-corrected chi connectivity index (χ4v) is 2.72. The maximum atomic E-state index is 12.8. The molecule has 2 atom stereocenters. The number of hydrogen-bond donors (Lipinski definition) is 2. The maximum Gasteiger partial charge on any atom is 0.407 e. The number of likely N-dealkylation sites (N-methyl/N-ethyl adjacent to an activating group) is 1. The summed E-state index contributed by atoms with van der Waals surface area (Å²) in [4.78, 5) is 37.2. The monoisotopic (exact) mass is 378 g/mol. The fourth-order valence-electron chi connectivity index (χ4n) is 2.72. The Balaban J connectivity index is 2.68. The Kier molecular flexibility index (Phi) is 8.28. The van der Waals surface area contributed by atoms with E-state index in [2.05, 4.69) is 5.32 Å². The molecule has 0 aliphatic carbocycles.